The Morgan fingerprint density at radius 2 is 2.33 bits per heavy atom. The molecule has 0 saturated heterocycles. The monoisotopic (exact) mass is 161 g/mol. The van der Waals surface area contributed by atoms with Crippen molar-refractivity contribution in [3.63, 3.8) is 0 Å². The topological polar surface area (TPSA) is 51.0 Å². The Morgan fingerprint density at radius 3 is 3.00 bits per heavy atom. The zero-order valence-corrected chi connectivity index (χ0v) is 6.27. The maximum Gasteiger partial charge on any atom is 0.198 e. The third-order valence-corrected chi connectivity index (χ3v) is 1.34. The van der Waals surface area contributed by atoms with E-state index in [0.29, 0.717) is 11.7 Å². The molecule has 1 N–H and O–H groups in total. The maximum absolute atomic E-state index is 5.06. The number of anilines is 2. The highest BCUT2D eigenvalue weighted by Crippen LogP contribution is 2.12. The molecule has 0 aliphatic rings. The highest BCUT2D eigenvalue weighted by Gasteiger charge is 1.95. The fourth-order valence-electron chi connectivity index (χ4n) is 0.840. The Labute approximate surface area is 69.3 Å². The van der Waals surface area contributed by atoms with Crippen LogP contribution in [-0.4, -0.2) is 9.97 Å². The summed E-state index contributed by atoms with van der Waals surface area (Å²) in [5, 5.41) is 2.94. The molecule has 60 valence electrons. The predicted molar refractivity (Wildman–Crippen MR) is 44.0 cm³/mol. The third-order valence-electron chi connectivity index (χ3n) is 1.34. The molecule has 0 atom stereocenters. The summed E-state index contributed by atoms with van der Waals surface area (Å²) in [6, 6.07) is 3.62. The van der Waals surface area contributed by atoms with Crippen LogP contribution in [0.3, 0.4) is 0 Å². The molecule has 2 rings (SSSR count). The lowest BCUT2D eigenvalue weighted by molar-refractivity contribution is 0.585. The minimum Gasteiger partial charge on any atom is -0.449 e. The number of furan rings is 1. The van der Waals surface area contributed by atoms with Gasteiger partial charge >= 0.3 is 0 Å². The van der Waals surface area contributed by atoms with Gasteiger partial charge in [-0.1, -0.05) is 0 Å². The van der Waals surface area contributed by atoms with Crippen molar-refractivity contribution < 1.29 is 4.42 Å². The number of hydrogen-bond donors (Lipinski definition) is 1. The van der Waals surface area contributed by atoms with Crippen molar-refractivity contribution in [1.82, 2.24) is 9.97 Å². The van der Waals surface area contributed by atoms with Crippen molar-refractivity contribution in [2.75, 3.05) is 5.32 Å². The van der Waals surface area contributed by atoms with Crippen molar-refractivity contribution in [2.24, 2.45) is 0 Å². The van der Waals surface area contributed by atoms with Crippen LogP contribution in [0.15, 0.2) is 41.4 Å². The molecule has 0 saturated carbocycles. The smallest absolute Gasteiger partial charge is 0.198 e. The van der Waals surface area contributed by atoms with Gasteiger partial charge in [-0.3, -0.25) is 4.98 Å². The first-order valence-corrected chi connectivity index (χ1v) is 3.52. The third kappa shape index (κ3) is 1.42. The first-order chi connectivity index (χ1) is 5.95. The van der Waals surface area contributed by atoms with Crippen LogP contribution >= 0.6 is 0 Å². The van der Waals surface area contributed by atoms with E-state index < -0.39 is 0 Å². The molecule has 0 aliphatic carbocycles. The SMILES string of the molecule is c1coc(Nc2cnccn2)c1. The molecule has 4 nitrogen and oxygen atoms in total. The Balaban J connectivity index is 2.15. The van der Waals surface area contributed by atoms with Gasteiger partial charge in [0.1, 0.15) is 0 Å². The molecule has 2 aromatic rings. The maximum atomic E-state index is 5.06. The summed E-state index contributed by atoms with van der Waals surface area (Å²) in [6.45, 7) is 0. The highest BCUT2D eigenvalue weighted by atomic mass is 16.3. The zero-order valence-electron chi connectivity index (χ0n) is 6.27. The Kier molecular flexibility index (Phi) is 1.74. The molecule has 12 heavy (non-hydrogen) atoms. The van der Waals surface area contributed by atoms with Crippen LogP contribution in [0.2, 0.25) is 0 Å². The molecule has 0 radical (unpaired) electrons. The van der Waals surface area contributed by atoms with E-state index in [9.17, 15) is 0 Å². The van der Waals surface area contributed by atoms with Gasteiger partial charge in [0.25, 0.3) is 0 Å². The van der Waals surface area contributed by atoms with E-state index in [1.54, 1.807) is 30.9 Å². The average molecular weight is 161 g/mol. The second-order valence-electron chi connectivity index (χ2n) is 2.19. The van der Waals surface area contributed by atoms with E-state index in [1.165, 1.54) is 0 Å². The molecule has 2 aromatic heterocycles. The van der Waals surface area contributed by atoms with Gasteiger partial charge in [0.15, 0.2) is 11.7 Å². The first kappa shape index (κ1) is 6.84. The molecule has 0 aliphatic heterocycles. The summed E-state index contributed by atoms with van der Waals surface area (Å²) in [4.78, 5) is 7.92. The van der Waals surface area contributed by atoms with Crippen LogP contribution in [0.5, 0.6) is 0 Å². The lowest BCUT2D eigenvalue weighted by atomic mass is 10.6. The van der Waals surface area contributed by atoms with Crippen LogP contribution in [-0.2, 0) is 0 Å². The number of nitrogens with one attached hydrogen (secondary N) is 1. The Hall–Kier alpha value is -1.84. The van der Waals surface area contributed by atoms with Gasteiger partial charge in [0.2, 0.25) is 0 Å². The molecule has 4 heteroatoms. The number of rotatable bonds is 2. The molecule has 0 amide bonds. The minimum atomic E-state index is 0.663. The summed E-state index contributed by atoms with van der Waals surface area (Å²) < 4.78 is 5.06. The van der Waals surface area contributed by atoms with Crippen LogP contribution in [0.4, 0.5) is 11.7 Å². The molecular weight excluding hydrogens is 154 g/mol. The zero-order chi connectivity index (χ0) is 8.23. The van der Waals surface area contributed by atoms with Crippen LogP contribution in [0, 0.1) is 0 Å². The molecule has 0 fully saturated rings. The van der Waals surface area contributed by atoms with Gasteiger partial charge in [0.05, 0.1) is 12.5 Å². The molecule has 0 bridgehead atoms. The van der Waals surface area contributed by atoms with E-state index in [0.717, 1.165) is 0 Å². The van der Waals surface area contributed by atoms with Crippen molar-refractivity contribution >= 4 is 11.7 Å². The van der Waals surface area contributed by atoms with Crippen LogP contribution in [0.25, 0.3) is 0 Å². The van der Waals surface area contributed by atoms with Gasteiger partial charge in [-0.05, 0) is 6.07 Å². The molecule has 0 aromatic carbocycles. The molecule has 2 heterocycles. The van der Waals surface area contributed by atoms with Crippen molar-refractivity contribution in [3.8, 4) is 0 Å². The second kappa shape index (κ2) is 3.04. The van der Waals surface area contributed by atoms with E-state index in [4.69, 9.17) is 4.42 Å². The fraction of sp³-hybridized carbons (Fsp3) is 0. The van der Waals surface area contributed by atoms with Crippen LogP contribution < -0.4 is 5.32 Å². The van der Waals surface area contributed by atoms with Gasteiger partial charge < -0.3 is 9.73 Å². The highest BCUT2D eigenvalue weighted by molar-refractivity contribution is 5.47. The normalized spacial score (nSPS) is 9.67. The summed E-state index contributed by atoms with van der Waals surface area (Å²) in [5.41, 5.74) is 0. The largest absolute Gasteiger partial charge is 0.449 e. The van der Waals surface area contributed by atoms with Gasteiger partial charge in [0, 0.05) is 18.5 Å². The number of nitrogens with zero attached hydrogens (tertiary/aromatic N) is 2. The van der Waals surface area contributed by atoms with Gasteiger partial charge in [-0.2, -0.15) is 0 Å². The summed E-state index contributed by atoms with van der Waals surface area (Å²) in [6.07, 6.45) is 6.46. The Bertz CT molecular complexity index is 330. The van der Waals surface area contributed by atoms with Crippen molar-refractivity contribution in [3.05, 3.63) is 37.0 Å². The van der Waals surface area contributed by atoms with E-state index >= 15 is 0 Å². The lowest BCUT2D eigenvalue weighted by Crippen LogP contribution is -1.91. The lowest BCUT2D eigenvalue weighted by Gasteiger charge is -1.98. The summed E-state index contributed by atoms with van der Waals surface area (Å²) >= 11 is 0. The van der Waals surface area contributed by atoms with E-state index in [1.807, 2.05) is 6.07 Å². The standard InChI is InChI=1S/C8H7N3O/c1-2-8(12-5-1)11-7-6-9-3-4-10-7/h1-6H,(H,10,11). The average Bonchev–Trinajstić information content (AvgIpc) is 2.59. The molecule has 0 unspecified atom stereocenters. The van der Waals surface area contributed by atoms with E-state index in [2.05, 4.69) is 15.3 Å². The fourth-order valence-corrected chi connectivity index (χ4v) is 0.840. The minimum absolute atomic E-state index is 0.663. The predicted octanol–water partition coefficient (Wildman–Crippen LogP) is 1.81. The van der Waals surface area contributed by atoms with Gasteiger partial charge in [-0.25, -0.2) is 4.98 Å². The molecule has 0 spiro atoms. The summed E-state index contributed by atoms with van der Waals surface area (Å²) in [7, 11) is 0. The van der Waals surface area contributed by atoms with Crippen molar-refractivity contribution in [2.45, 2.75) is 0 Å². The summed E-state index contributed by atoms with van der Waals surface area (Å²) in [5.74, 6) is 1.34. The number of aromatic nitrogens is 2. The van der Waals surface area contributed by atoms with Crippen LogP contribution in [0.1, 0.15) is 0 Å². The van der Waals surface area contributed by atoms with Gasteiger partial charge in [-0.15, -0.1) is 0 Å². The number of hydrogen-bond acceptors (Lipinski definition) is 4. The Morgan fingerprint density at radius 1 is 1.33 bits per heavy atom. The first-order valence-electron chi connectivity index (χ1n) is 3.52. The quantitative estimate of drug-likeness (QED) is 0.729. The molecular formula is C8H7N3O. The second-order valence-corrected chi connectivity index (χ2v) is 2.19. The van der Waals surface area contributed by atoms with Crippen molar-refractivity contribution in [1.29, 1.82) is 0 Å². The van der Waals surface area contributed by atoms with E-state index in [-0.39, 0.29) is 0 Å².